The third-order valence-corrected chi connectivity index (χ3v) is 3.22. The van der Waals surface area contributed by atoms with Crippen LogP contribution in [-0.2, 0) is 9.59 Å². The van der Waals surface area contributed by atoms with E-state index in [1.54, 1.807) is 7.05 Å². The molecule has 1 amide bonds. The molecule has 0 aromatic heterocycles. The molecule has 0 fully saturated rings. The lowest BCUT2D eigenvalue weighted by molar-refractivity contribution is -0.138. The summed E-state index contributed by atoms with van der Waals surface area (Å²) in [6.45, 7) is 4.76. The van der Waals surface area contributed by atoms with Gasteiger partial charge in [0.1, 0.15) is 5.75 Å². The minimum atomic E-state index is -0.906. The average Bonchev–Trinajstić information content (AvgIpc) is 2.45. The highest BCUT2D eigenvalue weighted by atomic mass is 16.5. The number of rotatable bonds is 8. The zero-order valence-electron chi connectivity index (χ0n) is 12.8. The molecule has 0 aliphatic heterocycles. The Hall–Kier alpha value is -2.04. The molecule has 0 aliphatic carbocycles. The van der Waals surface area contributed by atoms with E-state index in [9.17, 15) is 9.59 Å². The molecule has 1 N–H and O–H groups in total. The first kappa shape index (κ1) is 17.0. The summed E-state index contributed by atoms with van der Waals surface area (Å²) in [4.78, 5) is 23.6. The zero-order chi connectivity index (χ0) is 15.8. The molecule has 1 aromatic rings. The van der Waals surface area contributed by atoms with E-state index in [-0.39, 0.29) is 31.9 Å². The molecule has 0 radical (unpaired) electrons. The first-order chi connectivity index (χ1) is 9.90. The molecular formula is C16H23NO4. The van der Waals surface area contributed by atoms with Crippen molar-refractivity contribution < 1.29 is 19.4 Å². The van der Waals surface area contributed by atoms with E-state index in [0.717, 1.165) is 5.75 Å². The fourth-order valence-corrected chi connectivity index (χ4v) is 1.78. The summed E-state index contributed by atoms with van der Waals surface area (Å²) in [6, 6.07) is 7.82. The molecule has 0 heterocycles. The lowest BCUT2D eigenvalue weighted by atomic mass is 10.0. The fraction of sp³-hybridized carbons (Fsp3) is 0.500. The second-order valence-corrected chi connectivity index (χ2v) is 5.28. The number of carbonyl (C=O) groups excluding carboxylic acids is 1. The van der Waals surface area contributed by atoms with E-state index < -0.39 is 5.97 Å². The number of amides is 1. The van der Waals surface area contributed by atoms with Gasteiger partial charge in [-0.1, -0.05) is 26.0 Å². The van der Waals surface area contributed by atoms with Crippen LogP contribution in [0.3, 0.4) is 0 Å². The summed E-state index contributed by atoms with van der Waals surface area (Å²) < 4.78 is 5.52. The average molecular weight is 293 g/mol. The second kappa shape index (κ2) is 8.29. The monoisotopic (exact) mass is 293 g/mol. The molecule has 0 bridgehead atoms. The van der Waals surface area contributed by atoms with Gasteiger partial charge in [0.2, 0.25) is 5.91 Å². The summed E-state index contributed by atoms with van der Waals surface area (Å²) in [7, 11) is 1.60. The molecule has 0 spiro atoms. The minimum absolute atomic E-state index is 0.0419. The van der Waals surface area contributed by atoms with Gasteiger partial charge in [-0.05, 0) is 23.6 Å². The number of nitrogens with zero attached hydrogens (tertiary/aromatic N) is 1. The Morgan fingerprint density at radius 1 is 1.19 bits per heavy atom. The van der Waals surface area contributed by atoms with Crippen molar-refractivity contribution in [3.8, 4) is 5.75 Å². The Morgan fingerprint density at radius 2 is 1.81 bits per heavy atom. The van der Waals surface area contributed by atoms with Crippen molar-refractivity contribution in [1.29, 1.82) is 0 Å². The largest absolute Gasteiger partial charge is 0.493 e. The smallest absolute Gasteiger partial charge is 0.305 e. The van der Waals surface area contributed by atoms with Gasteiger partial charge in [0, 0.05) is 13.6 Å². The number of hydrogen-bond donors (Lipinski definition) is 1. The molecule has 1 aromatic carbocycles. The van der Waals surface area contributed by atoms with Crippen LogP contribution in [-0.4, -0.2) is 42.1 Å². The van der Waals surface area contributed by atoms with Crippen LogP contribution in [0.5, 0.6) is 5.75 Å². The summed E-state index contributed by atoms with van der Waals surface area (Å²) >= 11 is 0. The second-order valence-electron chi connectivity index (χ2n) is 5.28. The van der Waals surface area contributed by atoms with Gasteiger partial charge in [-0.15, -0.1) is 0 Å². The molecule has 21 heavy (non-hydrogen) atoms. The Labute approximate surface area is 125 Å². The minimum Gasteiger partial charge on any atom is -0.493 e. The van der Waals surface area contributed by atoms with Crippen LogP contribution in [0, 0.1) is 0 Å². The quantitative estimate of drug-likeness (QED) is 0.799. The molecule has 0 aliphatic rings. The van der Waals surface area contributed by atoms with Crippen molar-refractivity contribution in [1.82, 2.24) is 4.90 Å². The maximum absolute atomic E-state index is 11.7. The summed E-state index contributed by atoms with van der Waals surface area (Å²) in [6.07, 6.45) is 0.196. The molecule has 0 atom stereocenters. The van der Waals surface area contributed by atoms with Gasteiger partial charge in [0.25, 0.3) is 0 Å². The van der Waals surface area contributed by atoms with Crippen LogP contribution in [0.15, 0.2) is 24.3 Å². The number of carboxylic acid groups (broad SMARTS) is 1. The van der Waals surface area contributed by atoms with E-state index in [1.165, 1.54) is 10.5 Å². The molecule has 5 nitrogen and oxygen atoms in total. The molecule has 1 rings (SSSR count). The highest BCUT2D eigenvalue weighted by molar-refractivity contribution is 5.76. The van der Waals surface area contributed by atoms with Crippen molar-refractivity contribution in [2.45, 2.75) is 32.6 Å². The molecule has 0 saturated carbocycles. The van der Waals surface area contributed by atoms with E-state index in [1.807, 2.05) is 24.3 Å². The number of aliphatic carboxylic acids is 1. The molecular weight excluding hydrogens is 270 g/mol. The Bertz CT molecular complexity index is 468. The van der Waals surface area contributed by atoms with Crippen molar-refractivity contribution in [3.05, 3.63) is 29.8 Å². The van der Waals surface area contributed by atoms with Gasteiger partial charge in [-0.2, -0.15) is 0 Å². The predicted octanol–water partition coefficient (Wildman–Crippen LogP) is 2.51. The van der Waals surface area contributed by atoms with Gasteiger partial charge < -0.3 is 14.7 Å². The lowest BCUT2D eigenvalue weighted by Crippen LogP contribution is -2.30. The topological polar surface area (TPSA) is 66.8 Å². The molecule has 0 saturated heterocycles. The van der Waals surface area contributed by atoms with Crippen LogP contribution in [0.2, 0.25) is 0 Å². The van der Waals surface area contributed by atoms with Gasteiger partial charge in [0.05, 0.1) is 19.4 Å². The first-order valence-electron chi connectivity index (χ1n) is 7.08. The van der Waals surface area contributed by atoms with E-state index in [4.69, 9.17) is 9.84 Å². The van der Waals surface area contributed by atoms with Gasteiger partial charge in [0.15, 0.2) is 0 Å². The summed E-state index contributed by atoms with van der Waals surface area (Å²) in [5.41, 5.74) is 1.24. The van der Waals surface area contributed by atoms with E-state index >= 15 is 0 Å². The number of carboxylic acids is 1. The van der Waals surface area contributed by atoms with Crippen LogP contribution in [0.25, 0.3) is 0 Å². The maximum atomic E-state index is 11.7. The summed E-state index contributed by atoms with van der Waals surface area (Å²) in [5.74, 6) is 0.190. The SMILES string of the molecule is CC(C)c1ccc(OCCC(=O)N(C)CCC(=O)O)cc1. The van der Waals surface area contributed by atoms with Crippen LogP contribution < -0.4 is 4.74 Å². The molecule has 0 unspecified atom stereocenters. The van der Waals surface area contributed by atoms with Crippen LogP contribution in [0.1, 0.15) is 38.2 Å². The Morgan fingerprint density at radius 3 is 2.33 bits per heavy atom. The van der Waals surface area contributed by atoms with Crippen molar-refractivity contribution in [3.63, 3.8) is 0 Å². The van der Waals surface area contributed by atoms with Gasteiger partial charge in [-0.3, -0.25) is 9.59 Å². The van der Waals surface area contributed by atoms with Crippen molar-refractivity contribution in [2.24, 2.45) is 0 Å². The number of carbonyl (C=O) groups is 2. The van der Waals surface area contributed by atoms with Crippen molar-refractivity contribution in [2.75, 3.05) is 20.2 Å². The van der Waals surface area contributed by atoms with Gasteiger partial charge >= 0.3 is 5.97 Å². The number of benzene rings is 1. The van der Waals surface area contributed by atoms with Gasteiger partial charge in [-0.25, -0.2) is 0 Å². The third kappa shape index (κ3) is 6.29. The fourth-order valence-electron chi connectivity index (χ4n) is 1.78. The zero-order valence-corrected chi connectivity index (χ0v) is 12.8. The Kier molecular flexibility index (Phi) is 6.72. The lowest BCUT2D eigenvalue weighted by Gasteiger charge is -2.16. The maximum Gasteiger partial charge on any atom is 0.305 e. The number of ether oxygens (including phenoxy) is 1. The van der Waals surface area contributed by atoms with Crippen molar-refractivity contribution >= 4 is 11.9 Å². The molecule has 116 valence electrons. The standard InChI is InChI=1S/C16H23NO4/c1-12(2)13-4-6-14(7-5-13)21-11-9-15(18)17(3)10-8-16(19)20/h4-7,12H,8-11H2,1-3H3,(H,19,20). The Balaban J connectivity index is 2.32. The molecule has 5 heteroatoms. The number of hydrogen-bond acceptors (Lipinski definition) is 3. The normalized spacial score (nSPS) is 10.5. The summed E-state index contributed by atoms with van der Waals surface area (Å²) in [5, 5.41) is 8.57. The van der Waals surface area contributed by atoms with Crippen LogP contribution in [0.4, 0.5) is 0 Å². The van der Waals surface area contributed by atoms with E-state index in [0.29, 0.717) is 5.92 Å². The highest BCUT2D eigenvalue weighted by Crippen LogP contribution is 2.18. The third-order valence-electron chi connectivity index (χ3n) is 3.22. The highest BCUT2D eigenvalue weighted by Gasteiger charge is 2.10. The first-order valence-corrected chi connectivity index (χ1v) is 7.08. The predicted molar refractivity (Wildman–Crippen MR) is 80.5 cm³/mol. The van der Waals surface area contributed by atoms with E-state index in [2.05, 4.69) is 13.8 Å². The van der Waals surface area contributed by atoms with Crippen LogP contribution >= 0.6 is 0 Å².